The number of nitrogens with zero attached hydrogens (tertiary/aromatic N) is 1. The molecule has 0 aliphatic carbocycles. The summed E-state index contributed by atoms with van der Waals surface area (Å²) in [7, 11) is 0. The van der Waals surface area contributed by atoms with E-state index < -0.39 is 11.8 Å². The van der Waals surface area contributed by atoms with Gasteiger partial charge < -0.3 is 5.11 Å². The van der Waals surface area contributed by atoms with Crippen LogP contribution in [0.1, 0.15) is 15.9 Å². The summed E-state index contributed by atoms with van der Waals surface area (Å²) >= 11 is 0. The van der Waals surface area contributed by atoms with Gasteiger partial charge >= 0.3 is 57.4 Å². The van der Waals surface area contributed by atoms with Crippen LogP contribution in [0.4, 0.5) is 8.78 Å². The van der Waals surface area contributed by atoms with Gasteiger partial charge in [0.2, 0.25) is 0 Å². The fraction of sp³-hybridized carbons (Fsp3) is 0.0435. The number of aromatic carboxylic acids is 1. The molecule has 0 aliphatic heterocycles. The molecule has 3 nitrogen and oxygen atoms in total. The van der Waals surface area contributed by atoms with Crippen LogP contribution in [-0.4, -0.2) is 67.4 Å². The number of benzene rings is 3. The molecule has 0 saturated heterocycles. The molecule has 0 radical (unpaired) electrons. The van der Waals surface area contributed by atoms with Crippen LogP contribution in [0, 0.1) is 18.6 Å². The number of aromatic nitrogens is 1. The summed E-state index contributed by atoms with van der Waals surface area (Å²) in [5.74, 6) is -1.97. The van der Waals surface area contributed by atoms with Gasteiger partial charge in [-0.15, -0.1) is 0 Å². The van der Waals surface area contributed by atoms with Gasteiger partial charge in [-0.1, -0.05) is 42.5 Å². The second-order valence-electron chi connectivity index (χ2n) is 6.48. The Morgan fingerprint density at radius 3 is 2.24 bits per heavy atom. The maximum atomic E-state index is 14.0. The fourth-order valence-electron chi connectivity index (χ4n) is 3.39. The van der Waals surface area contributed by atoms with E-state index in [0.717, 1.165) is 0 Å². The quantitative estimate of drug-likeness (QED) is 0.468. The van der Waals surface area contributed by atoms with Crippen LogP contribution in [-0.2, 0) is 0 Å². The average molecular weight is 415 g/mol. The van der Waals surface area contributed by atoms with Crippen molar-refractivity contribution < 1.29 is 18.7 Å². The van der Waals surface area contributed by atoms with Crippen LogP contribution in [0.5, 0.6) is 0 Å². The molecule has 4 rings (SSSR count). The average Bonchev–Trinajstić information content (AvgIpc) is 2.68. The Kier molecular flexibility index (Phi) is 6.61. The molecule has 140 valence electrons. The van der Waals surface area contributed by atoms with E-state index in [0.29, 0.717) is 33.5 Å². The molecular weight excluding hydrogens is 399 g/mol. The van der Waals surface area contributed by atoms with Crippen molar-refractivity contribution in [3.8, 4) is 22.4 Å². The summed E-state index contributed by atoms with van der Waals surface area (Å²) in [6.45, 7) is 1.65. The zero-order valence-corrected chi connectivity index (χ0v) is 14.9. The Hall–Kier alpha value is -1.96. The first-order chi connectivity index (χ1) is 13.5. The van der Waals surface area contributed by atoms with E-state index in [4.69, 9.17) is 0 Å². The molecule has 29 heavy (non-hydrogen) atoms. The van der Waals surface area contributed by atoms with Crippen molar-refractivity contribution >= 4 is 68.3 Å². The number of fused-ring (bicyclic) bond motifs is 1. The van der Waals surface area contributed by atoms with Crippen molar-refractivity contribution in [1.29, 1.82) is 0 Å². The monoisotopic (exact) mass is 415 g/mol. The summed E-state index contributed by atoms with van der Waals surface area (Å²) in [6.07, 6.45) is 0. The molecule has 0 spiro atoms. The van der Waals surface area contributed by atoms with Crippen LogP contribution in [0.15, 0.2) is 66.7 Å². The van der Waals surface area contributed by atoms with E-state index in [2.05, 4.69) is 4.98 Å². The van der Waals surface area contributed by atoms with Gasteiger partial charge in [0.05, 0.1) is 16.8 Å². The molecule has 1 N–H and O–H groups in total. The van der Waals surface area contributed by atoms with E-state index >= 15 is 0 Å². The van der Waals surface area contributed by atoms with Crippen molar-refractivity contribution in [3.05, 3.63) is 89.5 Å². The molecule has 0 bridgehead atoms. The summed E-state index contributed by atoms with van der Waals surface area (Å²) in [4.78, 5) is 16.4. The molecule has 0 atom stereocenters. The van der Waals surface area contributed by atoms with Crippen LogP contribution < -0.4 is 0 Å². The summed E-state index contributed by atoms with van der Waals surface area (Å²) in [5.41, 5.74) is 3.27. The van der Waals surface area contributed by atoms with Gasteiger partial charge in [0.25, 0.3) is 0 Å². The number of carboxylic acids is 1. The van der Waals surface area contributed by atoms with Crippen LogP contribution in [0.25, 0.3) is 33.3 Å². The first-order valence-corrected chi connectivity index (χ1v) is 8.64. The molecule has 3 aromatic carbocycles. The van der Waals surface area contributed by atoms with Crippen molar-refractivity contribution in [2.45, 2.75) is 6.92 Å². The molecule has 0 aliphatic rings. The Morgan fingerprint density at radius 2 is 1.59 bits per heavy atom. The second-order valence-corrected chi connectivity index (χ2v) is 6.48. The van der Waals surface area contributed by atoms with Gasteiger partial charge in [-0.05, 0) is 42.3 Å². The third-order valence-corrected chi connectivity index (χ3v) is 4.75. The third kappa shape index (κ3) is 4.17. The Bertz CT molecular complexity index is 1220. The molecular formula is C23H16F2KNO2. The van der Waals surface area contributed by atoms with E-state index in [-0.39, 0.29) is 68.2 Å². The van der Waals surface area contributed by atoms with E-state index in [1.807, 2.05) is 0 Å². The second kappa shape index (κ2) is 8.81. The van der Waals surface area contributed by atoms with Gasteiger partial charge in [-0.25, -0.2) is 18.6 Å². The molecule has 0 saturated carbocycles. The standard InChI is InChI=1S/C23H15F2NO2.K.H/c1-13-21(23(27)28)18-12-16(24)10-11-20(18)26-22(13)15-8-6-14(7-9-15)17-4-2-3-5-19(17)25;;/h2-12H,1H3,(H,27,28);;. The minimum absolute atomic E-state index is 0. The normalized spacial score (nSPS) is 10.6. The van der Waals surface area contributed by atoms with Crippen molar-refractivity contribution in [3.63, 3.8) is 0 Å². The Labute approximate surface area is 208 Å². The van der Waals surface area contributed by atoms with E-state index in [1.54, 1.807) is 49.4 Å². The van der Waals surface area contributed by atoms with Gasteiger partial charge in [0.15, 0.2) is 0 Å². The van der Waals surface area contributed by atoms with E-state index in [1.165, 1.54) is 24.3 Å². The van der Waals surface area contributed by atoms with Crippen LogP contribution in [0.2, 0.25) is 0 Å². The summed E-state index contributed by atoms with van der Waals surface area (Å²) in [6, 6.07) is 17.5. The zero-order chi connectivity index (χ0) is 19.8. The molecule has 6 heteroatoms. The molecule has 1 heterocycles. The SMILES string of the molecule is Cc1c(-c2ccc(-c3ccccc3F)cc2)nc2ccc(F)cc2c1C(=O)O.[KH]. The Balaban J connectivity index is 0.00000240. The zero-order valence-electron chi connectivity index (χ0n) is 14.9. The molecule has 1 aromatic heterocycles. The van der Waals surface area contributed by atoms with Crippen LogP contribution >= 0.6 is 0 Å². The topological polar surface area (TPSA) is 50.2 Å². The number of hydrogen-bond donors (Lipinski definition) is 1. The number of carbonyl (C=O) groups is 1. The van der Waals surface area contributed by atoms with E-state index in [9.17, 15) is 18.7 Å². The number of hydrogen-bond acceptors (Lipinski definition) is 2. The molecule has 0 unspecified atom stereocenters. The number of carboxylic acid groups (broad SMARTS) is 1. The third-order valence-electron chi connectivity index (χ3n) is 4.75. The van der Waals surface area contributed by atoms with Crippen molar-refractivity contribution in [1.82, 2.24) is 4.98 Å². The molecule has 0 fully saturated rings. The first-order valence-electron chi connectivity index (χ1n) is 8.64. The summed E-state index contributed by atoms with van der Waals surface area (Å²) in [5, 5.41) is 9.92. The van der Waals surface area contributed by atoms with Gasteiger partial charge in [0.1, 0.15) is 11.6 Å². The van der Waals surface area contributed by atoms with Crippen molar-refractivity contribution in [2.75, 3.05) is 0 Å². The van der Waals surface area contributed by atoms with Gasteiger partial charge in [-0.2, -0.15) is 0 Å². The van der Waals surface area contributed by atoms with Gasteiger partial charge in [-0.3, -0.25) is 0 Å². The number of pyridine rings is 1. The maximum absolute atomic E-state index is 14.0. The van der Waals surface area contributed by atoms with Crippen molar-refractivity contribution in [2.24, 2.45) is 0 Å². The number of halogens is 2. The van der Waals surface area contributed by atoms with Gasteiger partial charge in [0, 0.05) is 16.5 Å². The Morgan fingerprint density at radius 1 is 0.931 bits per heavy atom. The first kappa shape index (κ1) is 21.7. The minimum atomic E-state index is -1.14. The molecule has 0 amide bonds. The number of rotatable bonds is 3. The molecule has 4 aromatic rings. The predicted octanol–water partition coefficient (Wildman–Crippen LogP) is 5.21. The fourth-order valence-corrected chi connectivity index (χ4v) is 3.39. The van der Waals surface area contributed by atoms with Crippen LogP contribution in [0.3, 0.4) is 0 Å². The predicted molar refractivity (Wildman–Crippen MR) is 111 cm³/mol. The summed E-state index contributed by atoms with van der Waals surface area (Å²) < 4.78 is 27.6.